The molecule has 0 N–H and O–H groups in total. The summed E-state index contributed by atoms with van der Waals surface area (Å²) >= 11 is 0. The number of carbonyl (C=O) groups excluding carboxylic acids is 2. The molecule has 0 aromatic heterocycles. The number of ether oxygens (including phenoxy) is 1. The summed E-state index contributed by atoms with van der Waals surface area (Å²) in [7, 11) is 0. The highest BCUT2D eigenvalue weighted by molar-refractivity contribution is 5.78. The molecule has 0 aliphatic carbocycles. The van der Waals surface area contributed by atoms with Gasteiger partial charge in [-0.25, -0.2) is 4.79 Å². The largest absolute Gasteiger partial charge is 0.444 e. The van der Waals surface area contributed by atoms with E-state index >= 15 is 0 Å². The van der Waals surface area contributed by atoms with Crippen molar-refractivity contribution in [2.75, 3.05) is 58.9 Å². The Morgan fingerprint density at radius 3 is 2.19 bits per heavy atom. The number of nitrogens with zero attached hydrogens (tertiary/aromatic N) is 4. The fourth-order valence-corrected chi connectivity index (χ4v) is 4.34. The summed E-state index contributed by atoms with van der Waals surface area (Å²) in [6.07, 6.45) is 1.60. The quantitative estimate of drug-likeness (QED) is 0.715. The van der Waals surface area contributed by atoms with Crippen molar-refractivity contribution in [3.63, 3.8) is 0 Å². The second-order valence-corrected chi connectivity index (χ2v) is 10.0. The van der Waals surface area contributed by atoms with E-state index in [1.54, 1.807) is 4.90 Å². The highest BCUT2D eigenvalue weighted by Crippen LogP contribution is 2.14. The van der Waals surface area contributed by atoms with E-state index < -0.39 is 5.60 Å². The lowest BCUT2D eigenvalue weighted by Crippen LogP contribution is -2.43. The van der Waals surface area contributed by atoms with Gasteiger partial charge < -0.3 is 14.5 Å². The first-order chi connectivity index (χ1) is 15.2. The predicted octanol–water partition coefficient (Wildman–Crippen LogP) is 2.97. The Labute approximate surface area is 193 Å². The molecule has 1 aromatic rings. The molecule has 2 aliphatic heterocycles. The zero-order valence-corrected chi connectivity index (χ0v) is 20.3. The number of hydrogen-bond donors (Lipinski definition) is 0. The zero-order valence-electron chi connectivity index (χ0n) is 20.3. The molecule has 7 heteroatoms. The standard InChI is InChI=1S/C25H40N4O3/c1-21-9-5-6-10-22(21)19-26-11-7-13-28(17-15-26)23(30)20-27-12-8-14-29(18-16-27)24(31)32-25(2,3)4/h5-6,9-10H,7-8,11-20H2,1-4H3. The highest BCUT2D eigenvalue weighted by atomic mass is 16.6. The molecule has 32 heavy (non-hydrogen) atoms. The summed E-state index contributed by atoms with van der Waals surface area (Å²) in [5.41, 5.74) is 2.21. The average molecular weight is 445 g/mol. The molecule has 0 bridgehead atoms. The minimum absolute atomic E-state index is 0.202. The normalized spacial score (nSPS) is 19.4. The van der Waals surface area contributed by atoms with Crippen molar-refractivity contribution in [1.82, 2.24) is 19.6 Å². The van der Waals surface area contributed by atoms with Crippen LogP contribution in [0.3, 0.4) is 0 Å². The van der Waals surface area contributed by atoms with E-state index in [9.17, 15) is 9.59 Å². The minimum Gasteiger partial charge on any atom is -0.444 e. The molecule has 0 atom stereocenters. The van der Waals surface area contributed by atoms with Crippen LogP contribution in [0.5, 0.6) is 0 Å². The molecule has 2 saturated heterocycles. The SMILES string of the molecule is Cc1ccccc1CN1CCCN(C(=O)CN2CCCN(C(=O)OC(C)(C)C)CC2)CC1. The maximum atomic E-state index is 13.0. The minimum atomic E-state index is -0.487. The first-order valence-electron chi connectivity index (χ1n) is 12.0. The van der Waals surface area contributed by atoms with Crippen LogP contribution in [0, 0.1) is 6.92 Å². The molecule has 3 rings (SSSR count). The van der Waals surface area contributed by atoms with E-state index in [4.69, 9.17) is 4.74 Å². The van der Waals surface area contributed by atoms with Gasteiger partial charge in [0.05, 0.1) is 6.54 Å². The topological polar surface area (TPSA) is 56.3 Å². The van der Waals surface area contributed by atoms with E-state index in [-0.39, 0.29) is 12.0 Å². The molecular formula is C25H40N4O3. The summed E-state index contributed by atoms with van der Waals surface area (Å²) in [5, 5.41) is 0. The first-order valence-corrected chi connectivity index (χ1v) is 12.0. The number of carbonyl (C=O) groups is 2. The maximum Gasteiger partial charge on any atom is 0.410 e. The maximum absolute atomic E-state index is 13.0. The van der Waals surface area contributed by atoms with E-state index in [2.05, 4.69) is 41.0 Å². The number of rotatable bonds is 4. The lowest BCUT2D eigenvalue weighted by atomic mass is 10.1. The van der Waals surface area contributed by atoms with Crippen molar-refractivity contribution in [2.45, 2.75) is 52.7 Å². The smallest absolute Gasteiger partial charge is 0.410 e. The van der Waals surface area contributed by atoms with Gasteiger partial charge in [0.2, 0.25) is 5.91 Å². The summed E-state index contributed by atoms with van der Waals surface area (Å²) in [5.74, 6) is 0.202. The van der Waals surface area contributed by atoms with Crippen LogP contribution in [-0.4, -0.2) is 96.1 Å². The Morgan fingerprint density at radius 1 is 0.844 bits per heavy atom. The zero-order chi connectivity index (χ0) is 23.1. The van der Waals surface area contributed by atoms with Crippen LogP contribution in [0.1, 0.15) is 44.7 Å². The molecular weight excluding hydrogens is 404 g/mol. The molecule has 1 aromatic carbocycles. The van der Waals surface area contributed by atoms with Gasteiger partial charge >= 0.3 is 6.09 Å². The summed E-state index contributed by atoms with van der Waals surface area (Å²) in [4.78, 5) is 33.8. The number of amides is 2. The van der Waals surface area contributed by atoms with Crippen LogP contribution < -0.4 is 0 Å². The van der Waals surface area contributed by atoms with Gasteiger partial charge in [0.1, 0.15) is 5.60 Å². The second kappa shape index (κ2) is 11.1. The van der Waals surface area contributed by atoms with Crippen LogP contribution in [-0.2, 0) is 16.1 Å². The van der Waals surface area contributed by atoms with Gasteiger partial charge in [-0.3, -0.25) is 14.6 Å². The molecule has 2 fully saturated rings. The van der Waals surface area contributed by atoms with Crippen molar-refractivity contribution < 1.29 is 14.3 Å². The lowest BCUT2D eigenvalue weighted by molar-refractivity contribution is -0.132. The molecule has 0 radical (unpaired) electrons. The predicted molar refractivity (Wildman–Crippen MR) is 127 cm³/mol. The van der Waals surface area contributed by atoms with Crippen LogP contribution in [0.4, 0.5) is 4.79 Å². The fraction of sp³-hybridized carbons (Fsp3) is 0.680. The van der Waals surface area contributed by atoms with Crippen LogP contribution in [0.15, 0.2) is 24.3 Å². The number of aryl methyl sites for hydroxylation is 1. The van der Waals surface area contributed by atoms with Crippen molar-refractivity contribution in [2.24, 2.45) is 0 Å². The third-order valence-corrected chi connectivity index (χ3v) is 6.20. The molecule has 2 heterocycles. The van der Waals surface area contributed by atoms with Crippen LogP contribution >= 0.6 is 0 Å². The van der Waals surface area contributed by atoms with Gasteiger partial charge in [-0.2, -0.15) is 0 Å². The van der Waals surface area contributed by atoms with Gasteiger partial charge in [-0.05, 0) is 51.7 Å². The second-order valence-electron chi connectivity index (χ2n) is 10.0. The van der Waals surface area contributed by atoms with Gasteiger partial charge in [-0.1, -0.05) is 24.3 Å². The summed E-state index contributed by atoms with van der Waals surface area (Å²) in [6.45, 7) is 15.5. The first kappa shape index (κ1) is 24.5. The Hall–Kier alpha value is -2.12. The van der Waals surface area contributed by atoms with Crippen LogP contribution in [0.25, 0.3) is 0 Å². The molecule has 0 saturated carbocycles. The van der Waals surface area contributed by atoms with Gasteiger partial charge in [0.15, 0.2) is 0 Å². The average Bonchev–Trinajstić information content (AvgIpc) is 3.09. The van der Waals surface area contributed by atoms with Crippen molar-refractivity contribution in [3.8, 4) is 0 Å². The van der Waals surface area contributed by atoms with Crippen molar-refractivity contribution in [1.29, 1.82) is 0 Å². The summed E-state index contributed by atoms with van der Waals surface area (Å²) in [6, 6.07) is 8.54. The monoisotopic (exact) mass is 444 g/mol. The van der Waals surface area contributed by atoms with E-state index in [1.807, 2.05) is 25.7 Å². The molecule has 0 unspecified atom stereocenters. The number of benzene rings is 1. The van der Waals surface area contributed by atoms with Gasteiger partial charge in [0, 0.05) is 58.9 Å². The van der Waals surface area contributed by atoms with Crippen molar-refractivity contribution in [3.05, 3.63) is 35.4 Å². The molecule has 178 valence electrons. The van der Waals surface area contributed by atoms with Gasteiger partial charge in [-0.15, -0.1) is 0 Å². The Kier molecular flexibility index (Phi) is 8.54. The van der Waals surface area contributed by atoms with E-state index in [0.29, 0.717) is 26.2 Å². The molecule has 0 spiro atoms. The van der Waals surface area contributed by atoms with Crippen molar-refractivity contribution >= 4 is 12.0 Å². The molecule has 2 amide bonds. The third-order valence-electron chi connectivity index (χ3n) is 6.20. The molecule has 7 nitrogen and oxygen atoms in total. The molecule has 2 aliphatic rings. The highest BCUT2D eigenvalue weighted by Gasteiger charge is 2.26. The van der Waals surface area contributed by atoms with E-state index in [1.165, 1.54) is 11.1 Å². The van der Waals surface area contributed by atoms with E-state index in [0.717, 1.165) is 52.1 Å². The van der Waals surface area contributed by atoms with Crippen LogP contribution in [0.2, 0.25) is 0 Å². The Morgan fingerprint density at radius 2 is 1.47 bits per heavy atom. The number of hydrogen-bond acceptors (Lipinski definition) is 5. The third kappa shape index (κ3) is 7.48. The Balaban J connectivity index is 1.45. The lowest BCUT2D eigenvalue weighted by Gasteiger charge is -2.27. The Bertz CT molecular complexity index is 777. The van der Waals surface area contributed by atoms with Gasteiger partial charge in [0.25, 0.3) is 0 Å². The fourth-order valence-electron chi connectivity index (χ4n) is 4.34. The summed E-state index contributed by atoms with van der Waals surface area (Å²) < 4.78 is 5.51.